The molecule has 0 saturated heterocycles. The molecule has 0 aliphatic rings. The molecule has 0 saturated carbocycles. The zero-order valence-electron chi connectivity index (χ0n) is 17.9. The Kier molecular flexibility index (Phi) is 6.17. The number of benzene rings is 3. The Balaban J connectivity index is 1.56. The molecule has 0 spiro atoms. The van der Waals surface area contributed by atoms with Gasteiger partial charge in [-0.2, -0.15) is 4.98 Å². The highest BCUT2D eigenvalue weighted by atomic mass is 16.5. The second kappa shape index (κ2) is 9.34. The number of carbonyl (C=O) groups is 1. The first-order chi connectivity index (χ1) is 15.6. The van der Waals surface area contributed by atoms with Crippen molar-refractivity contribution >= 4 is 16.7 Å². The minimum atomic E-state index is -0.137. The fourth-order valence-electron chi connectivity index (χ4n) is 3.45. The number of aromatic nitrogens is 2. The SMILES string of the molecule is C=CCN(Cc1nc(-c2ccc(OC)c(OC)c2)no1)C(=O)c1ccc2ccccc2c1. The van der Waals surface area contributed by atoms with Crippen LogP contribution in [0.25, 0.3) is 22.2 Å². The zero-order chi connectivity index (χ0) is 22.5. The Morgan fingerprint density at radius 2 is 1.81 bits per heavy atom. The molecule has 4 rings (SSSR count). The Morgan fingerprint density at radius 1 is 1.03 bits per heavy atom. The van der Waals surface area contributed by atoms with Crippen LogP contribution in [0.5, 0.6) is 11.5 Å². The second-order valence-corrected chi connectivity index (χ2v) is 7.12. The molecule has 1 amide bonds. The molecule has 1 heterocycles. The van der Waals surface area contributed by atoms with Gasteiger partial charge in [0.2, 0.25) is 11.7 Å². The van der Waals surface area contributed by atoms with Crippen LogP contribution in [-0.2, 0) is 6.54 Å². The summed E-state index contributed by atoms with van der Waals surface area (Å²) in [4.78, 5) is 19.2. The molecule has 0 radical (unpaired) electrons. The standard InChI is InChI=1S/C25H23N3O4/c1-4-13-28(25(29)20-10-9-17-7-5-6-8-18(17)14-20)16-23-26-24(27-32-23)19-11-12-21(30-2)22(15-19)31-3/h4-12,14-15H,1,13,16H2,2-3H3. The van der Waals surface area contributed by atoms with Gasteiger partial charge in [-0.15, -0.1) is 6.58 Å². The van der Waals surface area contributed by atoms with Crippen LogP contribution in [0, 0.1) is 0 Å². The molecule has 0 fully saturated rings. The van der Waals surface area contributed by atoms with E-state index in [4.69, 9.17) is 14.0 Å². The number of amides is 1. The van der Waals surface area contributed by atoms with Gasteiger partial charge in [-0.3, -0.25) is 4.79 Å². The van der Waals surface area contributed by atoms with Crippen LogP contribution in [-0.4, -0.2) is 41.7 Å². The van der Waals surface area contributed by atoms with Crippen LogP contribution >= 0.6 is 0 Å². The van der Waals surface area contributed by atoms with Crippen molar-refractivity contribution < 1.29 is 18.8 Å². The minimum absolute atomic E-state index is 0.137. The molecule has 162 valence electrons. The van der Waals surface area contributed by atoms with E-state index in [2.05, 4.69) is 16.7 Å². The lowest BCUT2D eigenvalue weighted by molar-refractivity contribution is 0.0745. The molecule has 0 aliphatic carbocycles. The van der Waals surface area contributed by atoms with Crippen molar-refractivity contribution in [2.24, 2.45) is 0 Å². The van der Waals surface area contributed by atoms with E-state index in [-0.39, 0.29) is 12.5 Å². The molecule has 1 aromatic heterocycles. The summed E-state index contributed by atoms with van der Waals surface area (Å²) in [5, 5.41) is 6.14. The molecule has 3 aromatic carbocycles. The molecular formula is C25H23N3O4. The van der Waals surface area contributed by atoms with Crippen LogP contribution in [0.1, 0.15) is 16.2 Å². The lowest BCUT2D eigenvalue weighted by atomic mass is 10.1. The van der Waals surface area contributed by atoms with Crippen LogP contribution in [0.2, 0.25) is 0 Å². The molecule has 0 atom stereocenters. The molecule has 0 bridgehead atoms. The van der Waals surface area contributed by atoms with Crippen molar-refractivity contribution in [3.63, 3.8) is 0 Å². The molecule has 0 unspecified atom stereocenters. The van der Waals surface area contributed by atoms with Gasteiger partial charge in [-0.05, 0) is 41.1 Å². The summed E-state index contributed by atoms with van der Waals surface area (Å²) < 4.78 is 16.0. The van der Waals surface area contributed by atoms with E-state index in [0.29, 0.717) is 40.9 Å². The first-order valence-electron chi connectivity index (χ1n) is 10.1. The smallest absolute Gasteiger partial charge is 0.254 e. The van der Waals surface area contributed by atoms with Crippen molar-refractivity contribution in [1.29, 1.82) is 0 Å². The lowest BCUT2D eigenvalue weighted by Gasteiger charge is -2.19. The topological polar surface area (TPSA) is 77.7 Å². The van der Waals surface area contributed by atoms with Gasteiger partial charge in [0.1, 0.15) is 6.54 Å². The number of rotatable bonds is 8. The zero-order valence-corrected chi connectivity index (χ0v) is 17.9. The maximum Gasteiger partial charge on any atom is 0.254 e. The van der Waals surface area contributed by atoms with Gasteiger partial charge in [0.15, 0.2) is 11.5 Å². The quantitative estimate of drug-likeness (QED) is 0.377. The molecule has 4 aromatic rings. The number of ether oxygens (including phenoxy) is 2. The summed E-state index contributed by atoms with van der Waals surface area (Å²) in [6.07, 6.45) is 1.67. The van der Waals surface area contributed by atoms with Gasteiger partial charge in [0.25, 0.3) is 5.91 Å². The minimum Gasteiger partial charge on any atom is -0.493 e. The van der Waals surface area contributed by atoms with Crippen LogP contribution < -0.4 is 9.47 Å². The highest BCUT2D eigenvalue weighted by molar-refractivity contribution is 5.98. The summed E-state index contributed by atoms with van der Waals surface area (Å²) in [6.45, 7) is 4.28. The van der Waals surface area contributed by atoms with Gasteiger partial charge in [0.05, 0.1) is 14.2 Å². The summed E-state index contributed by atoms with van der Waals surface area (Å²) in [5.41, 5.74) is 1.30. The molecule has 0 aliphatic heterocycles. The van der Waals surface area contributed by atoms with Crippen LogP contribution in [0.4, 0.5) is 0 Å². The Hall–Kier alpha value is -4.13. The highest BCUT2D eigenvalue weighted by Crippen LogP contribution is 2.31. The van der Waals surface area contributed by atoms with E-state index in [1.807, 2.05) is 48.5 Å². The summed E-state index contributed by atoms with van der Waals surface area (Å²) in [7, 11) is 3.14. The van der Waals surface area contributed by atoms with Gasteiger partial charge >= 0.3 is 0 Å². The number of carbonyl (C=O) groups excluding carboxylic acids is 1. The van der Waals surface area contributed by atoms with E-state index < -0.39 is 0 Å². The van der Waals surface area contributed by atoms with Crippen molar-refractivity contribution in [2.45, 2.75) is 6.54 Å². The van der Waals surface area contributed by atoms with Crippen LogP contribution in [0.15, 0.2) is 77.8 Å². The van der Waals surface area contributed by atoms with Gasteiger partial charge < -0.3 is 18.9 Å². The molecular weight excluding hydrogens is 406 g/mol. The predicted octanol–water partition coefficient (Wildman–Crippen LogP) is 4.74. The maximum atomic E-state index is 13.2. The van der Waals surface area contributed by atoms with Gasteiger partial charge in [-0.1, -0.05) is 41.6 Å². The molecule has 32 heavy (non-hydrogen) atoms. The van der Waals surface area contributed by atoms with Crippen molar-refractivity contribution in [3.05, 3.63) is 84.8 Å². The molecule has 7 heteroatoms. The largest absolute Gasteiger partial charge is 0.493 e. The predicted molar refractivity (Wildman–Crippen MR) is 122 cm³/mol. The first-order valence-corrected chi connectivity index (χ1v) is 10.1. The summed E-state index contributed by atoms with van der Waals surface area (Å²) in [5.74, 6) is 1.76. The van der Waals surface area contributed by atoms with Gasteiger partial charge in [-0.25, -0.2) is 0 Å². The van der Waals surface area contributed by atoms with E-state index in [1.54, 1.807) is 37.3 Å². The fraction of sp³-hybridized carbons (Fsp3) is 0.160. The fourth-order valence-corrected chi connectivity index (χ4v) is 3.45. The number of methoxy groups -OCH3 is 2. The summed E-state index contributed by atoms with van der Waals surface area (Å²) >= 11 is 0. The van der Waals surface area contributed by atoms with Crippen molar-refractivity contribution in [3.8, 4) is 22.9 Å². The Morgan fingerprint density at radius 3 is 2.56 bits per heavy atom. The number of hydrogen-bond acceptors (Lipinski definition) is 6. The third-order valence-electron chi connectivity index (χ3n) is 5.07. The Labute approximate surface area is 185 Å². The van der Waals surface area contributed by atoms with Crippen molar-refractivity contribution in [2.75, 3.05) is 20.8 Å². The maximum absolute atomic E-state index is 13.2. The third kappa shape index (κ3) is 4.32. The highest BCUT2D eigenvalue weighted by Gasteiger charge is 2.19. The van der Waals surface area contributed by atoms with Gasteiger partial charge in [0, 0.05) is 17.7 Å². The van der Waals surface area contributed by atoms with Crippen LogP contribution in [0.3, 0.4) is 0 Å². The van der Waals surface area contributed by atoms with Crippen molar-refractivity contribution in [1.82, 2.24) is 15.0 Å². The summed E-state index contributed by atoms with van der Waals surface area (Å²) in [6, 6.07) is 18.9. The number of hydrogen-bond donors (Lipinski definition) is 0. The van der Waals surface area contributed by atoms with E-state index in [0.717, 1.165) is 10.8 Å². The average molecular weight is 429 g/mol. The number of nitrogens with zero attached hydrogens (tertiary/aromatic N) is 3. The number of fused-ring (bicyclic) bond motifs is 1. The average Bonchev–Trinajstić information content (AvgIpc) is 3.31. The second-order valence-electron chi connectivity index (χ2n) is 7.12. The van der Waals surface area contributed by atoms with E-state index in [9.17, 15) is 4.79 Å². The Bertz CT molecular complexity index is 1270. The normalized spacial score (nSPS) is 10.7. The molecule has 0 N–H and O–H groups in total. The first kappa shape index (κ1) is 21.1. The molecule has 7 nitrogen and oxygen atoms in total. The lowest BCUT2D eigenvalue weighted by Crippen LogP contribution is -2.30. The monoisotopic (exact) mass is 429 g/mol. The van der Waals surface area contributed by atoms with E-state index in [1.165, 1.54) is 0 Å². The third-order valence-corrected chi connectivity index (χ3v) is 5.07. The van der Waals surface area contributed by atoms with E-state index >= 15 is 0 Å².